The van der Waals surface area contributed by atoms with Crippen molar-refractivity contribution in [2.45, 2.75) is 46.6 Å². The standard InChI is InChI=1S/C13H20N2O2/c1-13(2,3)7-10-8-15-5-4-9(12(16)17)6-11(15)14-10/h8-9H,4-7H2,1-3H3,(H,16,17). The summed E-state index contributed by atoms with van der Waals surface area (Å²) in [7, 11) is 0. The molecule has 0 spiro atoms. The smallest absolute Gasteiger partial charge is 0.307 e. The summed E-state index contributed by atoms with van der Waals surface area (Å²) in [5, 5.41) is 9.02. The van der Waals surface area contributed by atoms with Gasteiger partial charge in [0.2, 0.25) is 0 Å². The summed E-state index contributed by atoms with van der Waals surface area (Å²) in [5.41, 5.74) is 1.30. The van der Waals surface area contributed by atoms with Crippen molar-refractivity contribution in [3.8, 4) is 0 Å². The van der Waals surface area contributed by atoms with Crippen molar-refractivity contribution in [2.24, 2.45) is 11.3 Å². The highest BCUT2D eigenvalue weighted by molar-refractivity contribution is 5.70. The van der Waals surface area contributed by atoms with E-state index in [1.807, 2.05) is 0 Å². The lowest BCUT2D eigenvalue weighted by Crippen LogP contribution is -2.25. The maximum absolute atomic E-state index is 11.0. The normalized spacial score (nSPS) is 20.1. The Morgan fingerprint density at radius 2 is 2.29 bits per heavy atom. The molecule has 1 aliphatic heterocycles. The molecule has 1 N–H and O–H groups in total. The highest BCUT2D eigenvalue weighted by Crippen LogP contribution is 2.24. The van der Waals surface area contributed by atoms with Crippen LogP contribution in [0.1, 0.15) is 38.7 Å². The largest absolute Gasteiger partial charge is 0.481 e. The van der Waals surface area contributed by atoms with Crippen molar-refractivity contribution in [1.29, 1.82) is 0 Å². The van der Waals surface area contributed by atoms with E-state index in [0.29, 0.717) is 12.8 Å². The molecule has 0 bridgehead atoms. The van der Waals surface area contributed by atoms with Crippen LogP contribution in [0.4, 0.5) is 0 Å². The Bertz CT molecular complexity index is 429. The maximum Gasteiger partial charge on any atom is 0.307 e. The molecule has 4 heteroatoms. The van der Waals surface area contributed by atoms with E-state index in [0.717, 1.165) is 24.5 Å². The van der Waals surface area contributed by atoms with E-state index in [-0.39, 0.29) is 11.3 Å². The summed E-state index contributed by atoms with van der Waals surface area (Å²) in [4.78, 5) is 15.5. The number of hydrogen-bond donors (Lipinski definition) is 1. The first-order valence-corrected chi connectivity index (χ1v) is 6.13. The molecule has 4 nitrogen and oxygen atoms in total. The van der Waals surface area contributed by atoms with Crippen LogP contribution >= 0.6 is 0 Å². The fraction of sp³-hybridized carbons (Fsp3) is 0.692. The van der Waals surface area contributed by atoms with Gasteiger partial charge in [-0.15, -0.1) is 0 Å². The predicted molar refractivity (Wildman–Crippen MR) is 64.8 cm³/mol. The lowest BCUT2D eigenvalue weighted by atomic mass is 9.91. The van der Waals surface area contributed by atoms with Gasteiger partial charge >= 0.3 is 5.97 Å². The fourth-order valence-corrected chi connectivity index (χ4v) is 2.33. The van der Waals surface area contributed by atoms with Gasteiger partial charge in [-0.25, -0.2) is 4.98 Å². The number of rotatable bonds is 2. The maximum atomic E-state index is 11.0. The average Bonchev–Trinajstić information content (AvgIpc) is 2.54. The number of aryl methyl sites for hydroxylation is 1. The Morgan fingerprint density at radius 3 is 2.88 bits per heavy atom. The van der Waals surface area contributed by atoms with Gasteiger partial charge in [-0.05, 0) is 18.3 Å². The van der Waals surface area contributed by atoms with E-state index >= 15 is 0 Å². The Labute approximate surface area is 102 Å². The van der Waals surface area contributed by atoms with Crippen molar-refractivity contribution >= 4 is 5.97 Å². The van der Waals surface area contributed by atoms with E-state index in [9.17, 15) is 4.79 Å². The predicted octanol–water partition coefficient (Wildman–Crippen LogP) is 2.12. The first kappa shape index (κ1) is 12.1. The van der Waals surface area contributed by atoms with Gasteiger partial charge in [0.1, 0.15) is 5.82 Å². The van der Waals surface area contributed by atoms with E-state index in [1.54, 1.807) is 0 Å². The molecule has 0 radical (unpaired) electrons. The number of fused-ring (bicyclic) bond motifs is 1. The molecule has 0 saturated carbocycles. The molecular weight excluding hydrogens is 216 g/mol. The molecule has 17 heavy (non-hydrogen) atoms. The molecule has 1 aromatic heterocycles. The highest BCUT2D eigenvalue weighted by Gasteiger charge is 2.26. The molecule has 1 aromatic rings. The third-order valence-electron chi connectivity index (χ3n) is 3.12. The second-order valence-corrected chi connectivity index (χ2v) is 6.11. The number of aromatic nitrogens is 2. The number of hydrogen-bond acceptors (Lipinski definition) is 2. The fourth-order valence-electron chi connectivity index (χ4n) is 2.33. The minimum Gasteiger partial charge on any atom is -0.481 e. The van der Waals surface area contributed by atoms with Gasteiger partial charge in [0, 0.05) is 19.2 Å². The molecule has 0 saturated heterocycles. The van der Waals surface area contributed by atoms with E-state index in [4.69, 9.17) is 5.11 Å². The molecule has 2 heterocycles. The lowest BCUT2D eigenvalue weighted by Gasteiger charge is -2.19. The second kappa shape index (κ2) is 4.17. The van der Waals surface area contributed by atoms with E-state index in [1.165, 1.54) is 0 Å². The van der Waals surface area contributed by atoms with Crippen molar-refractivity contribution in [2.75, 3.05) is 0 Å². The van der Waals surface area contributed by atoms with Gasteiger partial charge in [-0.1, -0.05) is 20.8 Å². The van der Waals surface area contributed by atoms with Crippen LogP contribution < -0.4 is 0 Å². The topological polar surface area (TPSA) is 55.1 Å². The van der Waals surface area contributed by atoms with Gasteiger partial charge in [-0.2, -0.15) is 0 Å². The van der Waals surface area contributed by atoms with Gasteiger partial charge in [0.25, 0.3) is 0 Å². The third-order valence-corrected chi connectivity index (χ3v) is 3.12. The minimum absolute atomic E-state index is 0.219. The van der Waals surface area contributed by atoms with Crippen LogP contribution in [-0.2, 0) is 24.2 Å². The first-order chi connectivity index (χ1) is 7.85. The Balaban J connectivity index is 2.15. The van der Waals surface area contributed by atoms with E-state index < -0.39 is 5.97 Å². The van der Waals surface area contributed by atoms with Crippen molar-refractivity contribution in [3.63, 3.8) is 0 Å². The highest BCUT2D eigenvalue weighted by atomic mass is 16.4. The molecule has 0 amide bonds. The molecule has 1 aliphatic rings. The third kappa shape index (κ3) is 2.87. The Morgan fingerprint density at radius 1 is 1.59 bits per heavy atom. The molecule has 0 fully saturated rings. The first-order valence-electron chi connectivity index (χ1n) is 6.13. The Kier molecular flexibility index (Phi) is 2.98. The van der Waals surface area contributed by atoms with Crippen LogP contribution in [0.2, 0.25) is 0 Å². The van der Waals surface area contributed by atoms with Crippen molar-refractivity contribution in [1.82, 2.24) is 9.55 Å². The van der Waals surface area contributed by atoms with Crippen LogP contribution in [0.5, 0.6) is 0 Å². The monoisotopic (exact) mass is 236 g/mol. The van der Waals surface area contributed by atoms with Gasteiger partial charge in [0.05, 0.1) is 11.6 Å². The zero-order valence-corrected chi connectivity index (χ0v) is 10.7. The van der Waals surface area contributed by atoms with Crippen LogP contribution in [0.3, 0.4) is 0 Å². The van der Waals surface area contributed by atoms with E-state index in [2.05, 4.69) is 36.5 Å². The van der Waals surface area contributed by atoms with Crippen LogP contribution in [0.15, 0.2) is 6.20 Å². The number of imidazole rings is 1. The second-order valence-electron chi connectivity index (χ2n) is 6.11. The van der Waals surface area contributed by atoms with Crippen molar-refractivity contribution < 1.29 is 9.90 Å². The zero-order valence-electron chi connectivity index (χ0n) is 10.7. The number of carboxylic acid groups (broad SMARTS) is 1. The molecule has 2 rings (SSSR count). The molecule has 94 valence electrons. The lowest BCUT2D eigenvalue weighted by molar-refractivity contribution is -0.142. The molecule has 1 atom stereocenters. The van der Waals surface area contributed by atoms with Crippen molar-refractivity contribution in [3.05, 3.63) is 17.7 Å². The van der Waals surface area contributed by atoms with Crippen LogP contribution in [0.25, 0.3) is 0 Å². The van der Waals surface area contributed by atoms with Gasteiger partial charge < -0.3 is 9.67 Å². The molecule has 0 aliphatic carbocycles. The Hall–Kier alpha value is -1.32. The zero-order chi connectivity index (χ0) is 12.6. The summed E-state index contributed by atoms with van der Waals surface area (Å²) in [5.74, 6) is -0.0214. The van der Waals surface area contributed by atoms with Crippen LogP contribution in [-0.4, -0.2) is 20.6 Å². The number of nitrogens with zero attached hydrogens (tertiary/aromatic N) is 2. The summed E-state index contributed by atoms with van der Waals surface area (Å²) in [6.07, 6.45) is 4.30. The average molecular weight is 236 g/mol. The molecular formula is C13H20N2O2. The number of carboxylic acids is 1. The molecule has 1 unspecified atom stereocenters. The van der Waals surface area contributed by atoms with Crippen LogP contribution in [0, 0.1) is 11.3 Å². The summed E-state index contributed by atoms with van der Waals surface area (Å²) in [6.45, 7) is 7.34. The summed E-state index contributed by atoms with van der Waals surface area (Å²) < 4.78 is 2.11. The number of carbonyl (C=O) groups is 1. The minimum atomic E-state index is -0.698. The molecule has 0 aromatic carbocycles. The SMILES string of the molecule is CC(C)(C)Cc1cn2c(n1)CC(C(=O)O)CC2. The number of aliphatic carboxylic acids is 1. The quantitative estimate of drug-likeness (QED) is 0.855. The van der Waals surface area contributed by atoms with Gasteiger partial charge in [0.15, 0.2) is 0 Å². The summed E-state index contributed by atoms with van der Waals surface area (Å²) >= 11 is 0. The van der Waals surface area contributed by atoms with Gasteiger partial charge in [-0.3, -0.25) is 4.79 Å². The summed E-state index contributed by atoms with van der Waals surface area (Å²) in [6, 6.07) is 0.